The Morgan fingerprint density at radius 2 is 1.79 bits per heavy atom. The van der Waals surface area contributed by atoms with Crippen molar-refractivity contribution >= 4 is 17.5 Å². The van der Waals surface area contributed by atoms with E-state index in [4.69, 9.17) is 11.6 Å². The molecule has 0 aliphatic heterocycles. The van der Waals surface area contributed by atoms with E-state index in [2.05, 4.69) is 4.57 Å². The molecular weight excluding hydrogens is 375 g/mol. The minimum atomic E-state index is -0.493. The molecule has 0 spiro atoms. The first-order valence-electron chi connectivity index (χ1n) is 9.37. The number of hydrogen-bond donors (Lipinski definition) is 0. The highest BCUT2D eigenvalue weighted by Crippen LogP contribution is 2.19. The van der Waals surface area contributed by atoms with Gasteiger partial charge in [0.2, 0.25) is 0 Å². The van der Waals surface area contributed by atoms with Gasteiger partial charge in [-0.1, -0.05) is 55.8 Å². The van der Waals surface area contributed by atoms with Gasteiger partial charge in [0.25, 0.3) is 5.91 Å². The zero-order chi connectivity index (χ0) is 20.1. The number of hydrogen-bond acceptors (Lipinski definition) is 1. The summed E-state index contributed by atoms with van der Waals surface area (Å²) in [5, 5.41) is 0.712. The number of rotatable bonds is 7. The fraction of sp³-hybridized carbons (Fsp3) is 0.261. The van der Waals surface area contributed by atoms with Crippen LogP contribution in [0.1, 0.15) is 35.5 Å². The largest absolute Gasteiger partial charge is 0.345 e. The molecule has 0 saturated heterocycles. The van der Waals surface area contributed by atoms with E-state index in [1.165, 1.54) is 12.1 Å². The molecule has 1 heterocycles. The summed E-state index contributed by atoms with van der Waals surface area (Å²) in [7, 11) is 0. The molecule has 5 heteroatoms. The number of benzene rings is 2. The fourth-order valence-corrected chi connectivity index (χ4v) is 3.41. The van der Waals surface area contributed by atoms with Gasteiger partial charge in [0, 0.05) is 30.0 Å². The number of aromatic nitrogens is 1. The molecule has 0 aliphatic rings. The Labute approximate surface area is 170 Å². The zero-order valence-electron chi connectivity index (χ0n) is 16.1. The summed E-state index contributed by atoms with van der Waals surface area (Å²) in [6.07, 6.45) is 1.97. The Bertz CT molecular complexity index is 951. The van der Waals surface area contributed by atoms with E-state index in [9.17, 15) is 9.18 Å². The summed E-state index contributed by atoms with van der Waals surface area (Å²) in [6, 6.07) is 17.8. The zero-order valence-corrected chi connectivity index (χ0v) is 16.9. The molecule has 0 unspecified atom stereocenters. The van der Waals surface area contributed by atoms with E-state index in [0.717, 1.165) is 11.3 Å². The number of carbonyl (C=O) groups excluding carboxylic acids is 1. The van der Waals surface area contributed by atoms with Crippen molar-refractivity contribution in [2.24, 2.45) is 5.92 Å². The minimum Gasteiger partial charge on any atom is -0.345 e. The second-order valence-corrected chi connectivity index (χ2v) is 7.69. The Kier molecular flexibility index (Phi) is 6.53. The van der Waals surface area contributed by atoms with Gasteiger partial charge in [-0.25, -0.2) is 4.39 Å². The number of halogens is 2. The molecule has 0 atom stereocenters. The quantitative estimate of drug-likeness (QED) is 0.506. The number of amides is 1. The van der Waals surface area contributed by atoms with E-state index in [0.29, 0.717) is 24.7 Å². The number of carbonyl (C=O) groups is 1. The van der Waals surface area contributed by atoms with E-state index in [-0.39, 0.29) is 17.4 Å². The van der Waals surface area contributed by atoms with Crippen molar-refractivity contribution in [1.82, 2.24) is 9.47 Å². The molecule has 146 valence electrons. The molecule has 0 saturated carbocycles. The molecule has 0 bridgehead atoms. The summed E-state index contributed by atoms with van der Waals surface area (Å²) in [6.45, 7) is 5.66. The van der Waals surface area contributed by atoms with Crippen LogP contribution in [0, 0.1) is 11.7 Å². The molecule has 1 amide bonds. The second-order valence-electron chi connectivity index (χ2n) is 7.28. The molecule has 3 aromatic rings. The van der Waals surface area contributed by atoms with Gasteiger partial charge in [0.15, 0.2) is 0 Å². The van der Waals surface area contributed by atoms with Crippen molar-refractivity contribution in [1.29, 1.82) is 0 Å². The highest BCUT2D eigenvalue weighted by Gasteiger charge is 2.21. The van der Waals surface area contributed by atoms with Crippen LogP contribution in [-0.4, -0.2) is 21.9 Å². The molecular formula is C23H24ClFN2O. The maximum absolute atomic E-state index is 14.2. The van der Waals surface area contributed by atoms with Crippen LogP contribution in [0.25, 0.3) is 0 Å². The van der Waals surface area contributed by atoms with Crippen LogP contribution in [0.3, 0.4) is 0 Å². The summed E-state index contributed by atoms with van der Waals surface area (Å²) in [5.74, 6) is -0.521. The first-order chi connectivity index (χ1) is 13.5. The Balaban J connectivity index is 1.84. The van der Waals surface area contributed by atoms with Crippen LogP contribution in [0.5, 0.6) is 0 Å². The standard InChI is InChI=1S/C23H24ClFN2O/c1-17(2)14-27(23(28)20-10-4-6-12-22(20)25)16-19-9-7-13-26(19)15-18-8-3-5-11-21(18)24/h3-13,17H,14-16H2,1-2H3. The highest BCUT2D eigenvalue weighted by atomic mass is 35.5. The number of nitrogens with zero attached hydrogens (tertiary/aromatic N) is 2. The van der Waals surface area contributed by atoms with Crippen LogP contribution in [0.2, 0.25) is 5.02 Å². The smallest absolute Gasteiger partial charge is 0.257 e. The molecule has 0 N–H and O–H groups in total. The SMILES string of the molecule is CC(C)CN(Cc1cccn1Cc1ccccc1Cl)C(=O)c1ccccc1F. The minimum absolute atomic E-state index is 0.104. The lowest BCUT2D eigenvalue weighted by Crippen LogP contribution is -2.35. The van der Waals surface area contributed by atoms with Gasteiger partial charge in [-0.2, -0.15) is 0 Å². The van der Waals surface area contributed by atoms with E-state index in [1.807, 2.05) is 56.4 Å². The Morgan fingerprint density at radius 3 is 2.50 bits per heavy atom. The lowest BCUT2D eigenvalue weighted by atomic mass is 10.1. The van der Waals surface area contributed by atoms with Gasteiger partial charge in [-0.3, -0.25) is 4.79 Å². The Hall–Kier alpha value is -2.59. The van der Waals surface area contributed by atoms with Crippen molar-refractivity contribution in [3.8, 4) is 0 Å². The summed E-state index contributed by atoms with van der Waals surface area (Å²) >= 11 is 6.30. The van der Waals surface area contributed by atoms with E-state index >= 15 is 0 Å². The summed E-state index contributed by atoms with van der Waals surface area (Å²) in [5.41, 5.74) is 2.09. The third-order valence-corrected chi connectivity index (χ3v) is 4.92. The molecule has 0 aliphatic carbocycles. The van der Waals surface area contributed by atoms with Crippen molar-refractivity contribution in [3.05, 3.63) is 94.5 Å². The van der Waals surface area contributed by atoms with Crippen LogP contribution < -0.4 is 0 Å². The molecule has 1 aromatic heterocycles. The molecule has 2 aromatic carbocycles. The maximum Gasteiger partial charge on any atom is 0.257 e. The Morgan fingerprint density at radius 1 is 1.07 bits per heavy atom. The summed E-state index contributed by atoms with van der Waals surface area (Å²) in [4.78, 5) is 14.7. The average molecular weight is 399 g/mol. The molecule has 0 fully saturated rings. The molecule has 3 rings (SSSR count). The normalized spacial score (nSPS) is 11.0. The molecule has 3 nitrogen and oxygen atoms in total. The second kappa shape index (κ2) is 9.07. The predicted octanol–water partition coefficient (Wildman–Crippen LogP) is 5.63. The van der Waals surface area contributed by atoms with Gasteiger partial charge in [0.1, 0.15) is 5.82 Å². The third kappa shape index (κ3) is 4.82. The van der Waals surface area contributed by atoms with Crippen LogP contribution in [0.15, 0.2) is 66.9 Å². The fourth-order valence-electron chi connectivity index (χ4n) is 3.22. The van der Waals surface area contributed by atoms with Crippen molar-refractivity contribution in [2.45, 2.75) is 26.9 Å². The van der Waals surface area contributed by atoms with Crippen molar-refractivity contribution in [3.63, 3.8) is 0 Å². The van der Waals surface area contributed by atoms with Crippen LogP contribution in [-0.2, 0) is 13.1 Å². The van der Waals surface area contributed by atoms with Crippen molar-refractivity contribution in [2.75, 3.05) is 6.54 Å². The van der Waals surface area contributed by atoms with Gasteiger partial charge in [0.05, 0.1) is 12.1 Å². The first kappa shape index (κ1) is 20.2. The topological polar surface area (TPSA) is 25.2 Å². The lowest BCUT2D eigenvalue weighted by Gasteiger charge is -2.26. The van der Waals surface area contributed by atoms with E-state index in [1.54, 1.807) is 17.0 Å². The van der Waals surface area contributed by atoms with E-state index < -0.39 is 5.82 Å². The lowest BCUT2D eigenvalue weighted by molar-refractivity contribution is 0.0714. The molecule has 28 heavy (non-hydrogen) atoms. The predicted molar refractivity (Wildman–Crippen MR) is 111 cm³/mol. The molecule has 0 radical (unpaired) electrons. The third-order valence-electron chi connectivity index (χ3n) is 4.55. The van der Waals surface area contributed by atoms with Gasteiger partial charge < -0.3 is 9.47 Å². The monoisotopic (exact) mass is 398 g/mol. The van der Waals surface area contributed by atoms with Crippen LogP contribution >= 0.6 is 11.6 Å². The van der Waals surface area contributed by atoms with Gasteiger partial charge in [-0.05, 0) is 41.8 Å². The maximum atomic E-state index is 14.2. The average Bonchev–Trinajstić information content (AvgIpc) is 3.09. The van der Waals surface area contributed by atoms with Crippen molar-refractivity contribution < 1.29 is 9.18 Å². The highest BCUT2D eigenvalue weighted by molar-refractivity contribution is 6.31. The first-order valence-corrected chi connectivity index (χ1v) is 9.74. The van der Waals surface area contributed by atoms with Gasteiger partial charge in [-0.15, -0.1) is 0 Å². The van der Waals surface area contributed by atoms with Gasteiger partial charge >= 0.3 is 0 Å². The van der Waals surface area contributed by atoms with Crippen LogP contribution in [0.4, 0.5) is 4.39 Å². The summed E-state index contributed by atoms with van der Waals surface area (Å²) < 4.78 is 16.2.